The van der Waals surface area contributed by atoms with E-state index in [0.717, 1.165) is 26.3 Å². The molecule has 36 heavy (non-hydrogen) atoms. The van der Waals surface area contributed by atoms with Gasteiger partial charge in [-0.3, -0.25) is 9.59 Å². The molecule has 0 aliphatic rings. The number of rotatable bonds is 12. The molecule has 0 aliphatic heterocycles. The van der Waals surface area contributed by atoms with Crippen molar-refractivity contribution < 1.29 is 22.4 Å². The maximum Gasteiger partial charge on any atom is 0.304 e. The van der Waals surface area contributed by atoms with Gasteiger partial charge in [-0.1, -0.05) is 37.6 Å². The largest absolute Gasteiger partial charge is 0.352 e. The van der Waals surface area contributed by atoms with Crippen LogP contribution in [-0.4, -0.2) is 62.2 Å². The Morgan fingerprint density at radius 1 is 1.00 bits per heavy atom. The Labute approximate surface area is 218 Å². The molecule has 2 rings (SSSR count). The lowest BCUT2D eigenvalue weighted by Crippen LogP contribution is -2.54. The highest BCUT2D eigenvalue weighted by Gasteiger charge is 2.34. The van der Waals surface area contributed by atoms with E-state index in [1.54, 1.807) is 31.2 Å². The molecule has 0 fully saturated rings. The second kappa shape index (κ2) is 13.0. The maximum atomic E-state index is 13.7. The van der Waals surface area contributed by atoms with Gasteiger partial charge in [0.05, 0.1) is 5.69 Å². The Morgan fingerprint density at radius 2 is 1.58 bits per heavy atom. The molecule has 0 heterocycles. The van der Waals surface area contributed by atoms with Gasteiger partial charge in [0, 0.05) is 31.7 Å². The molecular formula is C25H34ClFN4O4S. The molecule has 0 spiro atoms. The average Bonchev–Trinajstić information content (AvgIpc) is 2.83. The van der Waals surface area contributed by atoms with Crippen LogP contribution >= 0.6 is 11.6 Å². The molecular weight excluding hydrogens is 507 g/mol. The van der Waals surface area contributed by atoms with Crippen molar-refractivity contribution in [2.75, 3.05) is 24.9 Å². The van der Waals surface area contributed by atoms with E-state index in [2.05, 4.69) is 5.32 Å². The lowest BCUT2D eigenvalue weighted by atomic mass is 10.1. The first-order valence-electron chi connectivity index (χ1n) is 11.7. The van der Waals surface area contributed by atoms with Crippen LogP contribution in [0.5, 0.6) is 0 Å². The van der Waals surface area contributed by atoms with Crippen LogP contribution in [-0.2, 0) is 26.3 Å². The topological polar surface area (TPSA) is 90.0 Å². The van der Waals surface area contributed by atoms with Crippen molar-refractivity contribution in [3.8, 4) is 0 Å². The molecule has 0 saturated carbocycles. The number of hydrogen-bond donors (Lipinski definition) is 1. The van der Waals surface area contributed by atoms with E-state index in [0.29, 0.717) is 17.9 Å². The summed E-state index contributed by atoms with van der Waals surface area (Å²) in [7, 11) is -1.42. The number of nitrogens with one attached hydrogen (secondary N) is 1. The maximum absolute atomic E-state index is 13.7. The number of anilines is 1. The Morgan fingerprint density at radius 3 is 2.08 bits per heavy atom. The summed E-state index contributed by atoms with van der Waals surface area (Å²) in [6.45, 7) is 5.09. The average molecular weight is 541 g/mol. The summed E-state index contributed by atoms with van der Waals surface area (Å²) in [5.74, 6) is -1.44. The molecule has 1 N–H and O–H groups in total. The molecule has 0 unspecified atom stereocenters. The number of nitrogens with zero attached hydrogens (tertiary/aromatic N) is 3. The van der Waals surface area contributed by atoms with Gasteiger partial charge in [0.25, 0.3) is 0 Å². The monoisotopic (exact) mass is 540 g/mol. The third-order valence-corrected chi connectivity index (χ3v) is 7.86. The third-order valence-electron chi connectivity index (χ3n) is 5.79. The normalized spacial score (nSPS) is 13.2. The van der Waals surface area contributed by atoms with Crippen LogP contribution in [0.25, 0.3) is 0 Å². The number of hydrogen-bond acceptors (Lipinski definition) is 4. The minimum atomic E-state index is -4.11. The first kappa shape index (κ1) is 29.5. The first-order chi connectivity index (χ1) is 16.9. The van der Waals surface area contributed by atoms with Crippen molar-refractivity contribution in [1.29, 1.82) is 0 Å². The van der Waals surface area contributed by atoms with Crippen molar-refractivity contribution in [2.24, 2.45) is 0 Å². The smallest absolute Gasteiger partial charge is 0.304 e. The summed E-state index contributed by atoms with van der Waals surface area (Å²) < 4.78 is 41.7. The highest BCUT2D eigenvalue weighted by atomic mass is 35.5. The SMILES string of the molecule is CC[C@@H](C)NC(=O)[C@H](CC)N(Cc1ccc(Cl)cc1)C(=O)CN(c1ccc(F)cc1)S(=O)(=O)N(C)C. The van der Waals surface area contributed by atoms with Gasteiger partial charge in [-0.15, -0.1) is 0 Å². The zero-order valence-corrected chi connectivity index (χ0v) is 22.8. The van der Waals surface area contributed by atoms with Crippen LogP contribution in [0.4, 0.5) is 10.1 Å². The van der Waals surface area contributed by atoms with Crippen molar-refractivity contribution in [3.05, 3.63) is 64.9 Å². The van der Waals surface area contributed by atoms with Gasteiger partial charge >= 0.3 is 10.2 Å². The van der Waals surface area contributed by atoms with E-state index < -0.39 is 34.5 Å². The third kappa shape index (κ3) is 7.65. The van der Waals surface area contributed by atoms with E-state index in [4.69, 9.17) is 11.6 Å². The zero-order valence-electron chi connectivity index (χ0n) is 21.2. The number of amides is 2. The number of carbonyl (C=O) groups is 2. The standard InChI is InChI=1S/C25H34ClFN4O4S/c1-6-18(3)28-25(33)23(7-2)30(16-19-8-10-20(26)11-9-19)24(32)17-31(36(34,35)29(4)5)22-14-12-21(27)13-15-22/h8-15,18,23H,6-7,16-17H2,1-5H3,(H,28,33)/t18-,23+/m1/s1. The van der Waals surface area contributed by atoms with Crippen LogP contribution in [0.3, 0.4) is 0 Å². The molecule has 0 bridgehead atoms. The van der Waals surface area contributed by atoms with E-state index in [1.807, 2.05) is 13.8 Å². The highest BCUT2D eigenvalue weighted by Crippen LogP contribution is 2.22. The summed E-state index contributed by atoms with van der Waals surface area (Å²) in [4.78, 5) is 28.2. The molecule has 0 aromatic heterocycles. The van der Waals surface area contributed by atoms with E-state index in [9.17, 15) is 22.4 Å². The molecule has 2 aromatic rings. The predicted molar refractivity (Wildman–Crippen MR) is 140 cm³/mol. The summed E-state index contributed by atoms with van der Waals surface area (Å²) in [6, 6.07) is 10.8. The first-order valence-corrected chi connectivity index (χ1v) is 13.5. The summed E-state index contributed by atoms with van der Waals surface area (Å²) >= 11 is 6.00. The van der Waals surface area contributed by atoms with Crippen LogP contribution in [0.2, 0.25) is 5.02 Å². The Balaban J connectivity index is 2.48. The minimum absolute atomic E-state index is 0.0711. The second-order valence-electron chi connectivity index (χ2n) is 8.66. The van der Waals surface area contributed by atoms with Gasteiger partial charge in [0.1, 0.15) is 18.4 Å². The van der Waals surface area contributed by atoms with Gasteiger partial charge in [-0.25, -0.2) is 8.70 Å². The van der Waals surface area contributed by atoms with Crippen molar-refractivity contribution in [2.45, 2.75) is 52.2 Å². The fourth-order valence-electron chi connectivity index (χ4n) is 3.47. The Bertz CT molecular complexity index is 1130. The fraction of sp³-hybridized carbons (Fsp3) is 0.440. The molecule has 8 nitrogen and oxygen atoms in total. The zero-order chi connectivity index (χ0) is 27.0. The minimum Gasteiger partial charge on any atom is -0.352 e. The lowest BCUT2D eigenvalue weighted by molar-refractivity contribution is -0.140. The Kier molecular flexibility index (Phi) is 10.7. The molecule has 2 aromatic carbocycles. The highest BCUT2D eigenvalue weighted by molar-refractivity contribution is 7.90. The quantitative estimate of drug-likeness (QED) is 0.443. The molecule has 0 radical (unpaired) electrons. The van der Waals surface area contributed by atoms with Gasteiger partial charge in [-0.2, -0.15) is 12.7 Å². The predicted octanol–water partition coefficient (Wildman–Crippen LogP) is 3.81. The van der Waals surface area contributed by atoms with Crippen LogP contribution < -0.4 is 9.62 Å². The summed E-state index contributed by atoms with van der Waals surface area (Å²) in [5, 5.41) is 3.44. The molecule has 2 atom stereocenters. The van der Waals surface area contributed by atoms with E-state index >= 15 is 0 Å². The van der Waals surface area contributed by atoms with Crippen molar-refractivity contribution in [3.63, 3.8) is 0 Å². The van der Waals surface area contributed by atoms with Crippen molar-refractivity contribution in [1.82, 2.24) is 14.5 Å². The number of benzene rings is 2. The molecule has 198 valence electrons. The van der Waals surface area contributed by atoms with Gasteiger partial charge in [-0.05, 0) is 61.7 Å². The van der Waals surface area contributed by atoms with Crippen LogP contribution in [0.15, 0.2) is 48.5 Å². The molecule has 0 aliphatic carbocycles. The number of halogens is 2. The van der Waals surface area contributed by atoms with E-state index in [1.165, 1.54) is 31.1 Å². The Hall–Kier alpha value is -2.69. The van der Waals surface area contributed by atoms with Crippen LogP contribution in [0.1, 0.15) is 39.2 Å². The lowest BCUT2D eigenvalue weighted by Gasteiger charge is -2.34. The summed E-state index contributed by atoms with van der Waals surface area (Å²) in [6.07, 6.45) is 1.03. The summed E-state index contributed by atoms with van der Waals surface area (Å²) in [5.41, 5.74) is 0.855. The number of carbonyl (C=O) groups excluding carboxylic acids is 2. The molecule has 11 heteroatoms. The van der Waals surface area contributed by atoms with Crippen LogP contribution in [0, 0.1) is 5.82 Å². The van der Waals surface area contributed by atoms with E-state index in [-0.39, 0.29) is 24.2 Å². The fourth-order valence-corrected chi connectivity index (χ4v) is 4.65. The van der Waals surface area contributed by atoms with Crippen molar-refractivity contribution >= 4 is 39.3 Å². The molecule has 0 saturated heterocycles. The second-order valence-corrected chi connectivity index (χ2v) is 11.2. The van der Waals surface area contributed by atoms with Gasteiger partial charge in [0.15, 0.2) is 0 Å². The van der Waals surface area contributed by atoms with Gasteiger partial charge in [0.2, 0.25) is 11.8 Å². The molecule has 2 amide bonds. The van der Waals surface area contributed by atoms with Gasteiger partial charge < -0.3 is 10.2 Å².